The second-order valence-corrected chi connectivity index (χ2v) is 6.65. The van der Waals surface area contributed by atoms with Crippen LogP contribution in [0.5, 0.6) is 0 Å². The van der Waals surface area contributed by atoms with Gasteiger partial charge in [-0.1, -0.05) is 13.8 Å². The number of rotatable bonds is 4. The third-order valence-electron chi connectivity index (χ3n) is 2.87. The fraction of sp³-hybridized carbons (Fsp3) is 0.778. The highest BCUT2D eigenvalue weighted by molar-refractivity contribution is 8.13. The van der Waals surface area contributed by atoms with E-state index in [1.165, 1.54) is 0 Å². The number of hydrogen-bond acceptors (Lipinski definition) is 4. The highest BCUT2D eigenvalue weighted by atomic mass is 35.7. The summed E-state index contributed by atoms with van der Waals surface area (Å²) in [6.07, 6.45) is 2.84. The zero-order valence-corrected chi connectivity index (χ0v) is 10.8. The Morgan fingerprint density at radius 2 is 2.12 bits per heavy atom. The van der Waals surface area contributed by atoms with Crippen LogP contribution < -0.4 is 0 Å². The van der Waals surface area contributed by atoms with Gasteiger partial charge in [-0.25, -0.2) is 8.42 Å². The topological polar surface area (TPSA) is 64.8 Å². The van der Waals surface area contributed by atoms with E-state index in [1.807, 2.05) is 13.8 Å². The molecule has 1 saturated carbocycles. The summed E-state index contributed by atoms with van der Waals surface area (Å²) in [5.74, 6) is 0.921. The summed E-state index contributed by atoms with van der Waals surface area (Å²) < 4.78 is 24.4. The van der Waals surface area contributed by atoms with Crippen LogP contribution in [-0.2, 0) is 9.05 Å². The predicted molar refractivity (Wildman–Crippen MR) is 60.0 cm³/mol. The van der Waals surface area contributed by atoms with Gasteiger partial charge in [0.05, 0.1) is 0 Å². The van der Waals surface area contributed by atoms with E-state index in [1.54, 1.807) is 4.57 Å². The smallest absolute Gasteiger partial charge is 0.296 e. The molecule has 1 aliphatic rings. The Morgan fingerprint density at radius 3 is 2.56 bits per heavy atom. The van der Waals surface area contributed by atoms with Crippen LogP contribution in [0.25, 0.3) is 0 Å². The van der Waals surface area contributed by atoms with E-state index in [9.17, 15) is 8.42 Å². The molecule has 0 saturated heterocycles. The molecular weight excluding hydrogens is 250 g/mol. The van der Waals surface area contributed by atoms with Crippen molar-refractivity contribution in [3.8, 4) is 0 Å². The summed E-state index contributed by atoms with van der Waals surface area (Å²) in [5, 5.41) is 7.57. The summed E-state index contributed by atoms with van der Waals surface area (Å²) in [4.78, 5) is 0. The Bertz CT molecular complexity index is 493. The van der Waals surface area contributed by atoms with Gasteiger partial charge in [0.2, 0.25) is 0 Å². The molecular formula is C9H14ClN3O2S. The van der Waals surface area contributed by atoms with Crippen molar-refractivity contribution < 1.29 is 8.42 Å². The van der Waals surface area contributed by atoms with Crippen LogP contribution in [0.4, 0.5) is 0 Å². The third-order valence-corrected chi connectivity index (χ3v) is 4.00. The van der Waals surface area contributed by atoms with Crippen molar-refractivity contribution in [3.05, 3.63) is 5.82 Å². The zero-order valence-electron chi connectivity index (χ0n) is 9.22. The lowest BCUT2D eigenvalue weighted by Gasteiger charge is -2.11. The number of hydrogen-bond donors (Lipinski definition) is 0. The molecule has 0 spiro atoms. The van der Waals surface area contributed by atoms with Crippen LogP contribution >= 0.6 is 10.7 Å². The fourth-order valence-electron chi connectivity index (χ4n) is 1.65. The van der Waals surface area contributed by atoms with Crippen molar-refractivity contribution in [1.29, 1.82) is 0 Å². The van der Waals surface area contributed by atoms with Gasteiger partial charge in [0.1, 0.15) is 5.82 Å². The van der Waals surface area contributed by atoms with Gasteiger partial charge in [-0.2, -0.15) is 0 Å². The SMILES string of the molecule is CCC(C)c1nnc(S(=O)(=O)Cl)n1C1CC1. The number of aromatic nitrogens is 3. The molecule has 0 bridgehead atoms. The molecule has 1 unspecified atom stereocenters. The van der Waals surface area contributed by atoms with E-state index in [-0.39, 0.29) is 17.1 Å². The van der Waals surface area contributed by atoms with Gasteiger partial charge in [0, 0.05) is 22.6 Å². The Hall–Kier alpha value is -0.620. The molecule has 1 atom stereocenters. The van der Waals surface area contributed by atoms with Crippen LogP contribution in [0.2, 0.25) is 0 Å². The second-order valence-electron chi connectivity index (χ2n) is 4.19. The highest BCUT2D eigenvalue weighted by Crippen LogP contribution is 2.39. The number of halogens is 1. The molecule has 1 aliphatic carbocycles. The van der Waals surface area contributed by atoms with E-state index >= 15 is 0 Å². The normalized spacial score (nSPS) is 18.7. The Balaban J connectivity index is 2.52. The first kappa shape index (κ1) is 11.9. The van der Waals surface area contributed by atoms with Gasteiger partial charge in [0.25, 0.3) is 14.2 Å². The molecule has 0 aromatic carbocycles. The Labute approximate surface area is 99.2 Å². The van der Waals surface area contributed by atoms with Crippen LogP contribution in [0.1, 0.15) is 50.9 Å². The first-order valence-corrected chi connectivity index (χ1v) is 7.65. The minimum atomic E-state index is -3.80. The van der Waals surface area contributed by atoms with E-state index in [0.717, 1.165) is 25.1 Å². The maximum Gasteiger partial charge on any atom is 0.296 e. The van der Waals surface area contributed by atoms with Gasteiger partial charge in [-0.05, 0) is 19.3 Å². The minimum absolute atomic E-state index is 0.105. The third kappa shape index (κ3) is 2.08. The first-order valence-electron chi connectivity index (χ1n) is 5.34. The van der Waals surface area contributed by atoms with Gasteiger partial charge in [0.15, 0.2) is 0 Å². The van der Waals surface area contributed by atoms with Gasteiger partial charge in [-0.15, -0.1) is 10.2 Å². The van der Waals surface area contributed by atoms with Crippen molar-refractivity contribution >= 4 is 19.7 Å². The maximum absolute atomic E-state index is 11.4. The molecule has 90 valence electrons. The summed E-state index contributed by atoms with van der Waals surface area (Å²) in [6.45, 7) is 4.04. The van der Waals surface area contributed by atoms with Crippen LogP contribution in [-0.4, -0.2) is 23.2 Å². The van der Waals surface area contributed by atoms with E-state index < -0.39 is 9.05 Å². The molecule has 16 heavy (non-hydrogen) atoms. The molecule has 0 amide bonds. The molecule has 2 rings (SSSR count). The lowest BCUT2D eigenvalue weighted by Crippen LogP contribution is -2.10. The van der Waals surface area contributed by atoms with Crippen LogP contribution in [0.15, 0.2) is 5.16 Å². The first-order chi connectivity index (χ1) is 7.45. The minimum Gasteiger partial charge on any atom is -0.297 e. The average Bonchev–Trinajstić information content (AvgIpc) is 2.94. The van der Waals surface area contributed by atoms with Gasteiger partial charge in [-0.3, -0.25) is 4.57 Å². The summed E-state index contributed by atoms with van der Waals surface area (Å²) in [7, 11) is 1.55. The van der Waals surface area contributed by atoms with Crippen molar-refractivity contribution in [2.45, 2.75) is 50.2 Å². The number of nitrogens with zero attached hydrogens (tertiary/aromatic N) is 3. The van der Waals surface area contributed by atoms with Crippen molar-refractivity contribution in [2.75, 3.05) is 0 Å². The molecule has 1 fully saturated rings. The monoisotopic (exact) mass is 263 g/mol. The largest absolute Gasteiger partial charge is 0.297 e. The molecule has 1 heterocycles. The summed E-state index contributed by atoms with van der Waals surface area (Å²) in [6, 6.07) is 0.211. The quantitative estimate of drug-likeness (QED) is 0.780. The van der Waals surface area contributed by atoms with Crippen LogP contribution in [0.3, 0.4) is 0 Å². The molecule has 7 heteroatoms. The van der Waals surface area contributed by atoms with Crippen LogP contribution in [0, 0.1) is 0 Å². The van der Waals surface area contributed by atoms with Gasteiger partial charge < -0.3 is 0 Å². The highest BCUT2D eigenvalue weighted by Gasteiger charge is 2.34. The standard InChI is InChI=1S/C9H14ClN3O2S/c1-3-6(2)8-11-12-9(16(10,14)15)13(8)7-4-5-7/h6-7H,3-5H2,1-2H3. The maximum atomic E-state index is 11.4. The van der Waals surface area contributed by atoms with Gasteiger partial charge >= 0.3 is 0 Å². The fourth-order valence-corrected chi connectivity index (χ4v) is 2.58. The van der Waals surface area contributed by atoms with E-state index in [0.29, 0.717) is 0 Å². The lowest BCUT2D eigenvalue weighted by molar-refractivity contribution is 0.548. The average molecular weight is 264 g/mol. The molecule has 1 aromatic rings. The second kappa shape index (κ2) is 4.00. The Morgan fingerprint density at radius 1 is 1.50 bits per heavy atom. The zero-order chi connectivity index (χ0) is 11.9. The lowest BCUT2D eigenvalue weighted by atomic mass is 10.1. The molecule has 0 radical (unpaired) electrons. The Kier molecular flexibility index (Phi) is 2.96. The van der Waals surface area contributed by atoms with Crippen molar-refractivity contribution in [1.82, 2.24) is 14.8 Å². The predicted octanol–water partition coefficient (Wildman–Crippen LogP) is 2.05. The summed E-state index contributed by atoms with van der Waals surface area (Å²) in [5.41, 5.74) is 0. The molecule has 1 aromatic heterocycles. The van der Waals surface area contributed by atoms with E-state index in [4.69, 9.17) is 10.7 Å². The van der Waals surface area contributed by atoms with Crippen molar-refractivity contribution in [2.24, 2.45) is 0 Å². The molecule has 5 nitrogen and oxygen atoms in total. The van der Waals surface area contributed by atoms with E-state index in [2.05, 4.69) is 10.2 Å². The summed E-state index contributed by atoms with van der Waals surface area (Å²) >= 11 is 0. The molecule has 0 N–H and O–H groups in total. The van der Waals surface area contributed by atoms with Crippen molar-refractivity contribution in [3.63, 3.8) is 0 Å². The molecule has 0 aliphatic heterocycles.